The van der Waals surface area contributed by atoms with Crippen molar-refractivity contribution in [1.29, 1.82) is 0 Å². The van der Waals surface area contributed by atoms with Gasteiger partial charge in [-0.1, -0.05) is 19.9 Å². The summed E-state index contributed by atoms with van der Waals surface area (Å²) >= 11 is 0. The molecule has 0 saturated heterocycles. The summed E-state index contributed by atoms with van der Waals surface area (Å²) in [5.41, 5.74) is 0.981. The first-order valence-electron chi connectivity index (χ1n) is 6.14. The van der Waals surface area contributed by atoms with E-state index in [9.17, 15) is 0 Å². The van der Waals surface area contributed by atoms with E-state index < -0.39 is 0 Å². The Bertz CT molecular complexity index is 333. The van der Waals surface area contributed by atoms with Crippen molar-refractivity contribution in [2.75, 3.05) is 13.1 Å². The fourth-order valence-electron chi connectivity index (χ4n) is 1.29. The third kappa shape index (κ3) is 5.90. The zero-order valence-electron chi connectivity index (χ0n) is 10.9. The molecule has 0 radical (unpaired) electrons. The van der Waals surface area contributed by atoms with Crippen molar-refractivity contribution in [3.05, 3.63) is 30.1 Å². The minimum Gasteiger partial charge on any atom is -0.357 e. The summed E-state index contributed by atoms with van der Waals surface area (Å²) in [5.74, 6) is 1.46. The average molecular weight is 234 g/mol. The van der Waals surface area contributed by atoms with Gasteiger partial charge in [0.05, 0.1) is 12.2 Å². The van der Waals surface area contributed by atoms with Crippen LogP contribution in [-0.2, 0) is 6.54 Å². The fourth-order valence-corrected chi connectivity index (χ4v) is 1.29. The van der Waals surface area contributed by atoms with E-state index in [4.69, 9.17) is 0 Å². The van der Waals surface area contributed by atoms with Gasteiger partial charge in [0.2, 0.25) is 0 Å². The van der Waals surface area contributed by atoms with Crippen molar-refractivity contribution in [3.8, 4) is 0 Å². The quantitative estimate of drug-likeness (QED) is 0.603. The molecule has 0 bridgehead atoms. The number of pyridine rings is 1. The fraction of sp³-hybridized carbons (Fsp3) is 0.538. The van der Waals surface area contributed by atoms with Crippen LogP contribution in [0.15, 0.2) is 29.4 Å². The Hall–Kier alpha value is -1.58. The van der Waals surface area contributed by atoms with Crippen LogP contribution in [-0.4, -0.2) is 24.0 Å². The number of aliphatic imine (C=N–C) groups is 1. The van der Waals surface area contributed by atoms with E-state index in [1.165, 1.54) is 0 Å². The van der Waals surface area contributed by atoms with Crippen molar-refractivity contribution >= 4 is 5.96 Å². The van der Waals surface area contributed by atoms with Gasteiger partial charge in [-0.25, -0.2) is 4.99 Å². The van der Waals surface area contributed by atoms with Crippen molar-refractivity contribution in [1.82, 2.24) is 15.6 Å². The van der Waals surface area contributed by atoms with Gasteiger partial charge in [-0.15, -0.1) is 0 Å². The average Bonchev–Trinajstić information content (AvgIpc) is 2.34. The molecule has 0 aromatic carbocycles. The molecule has 2 N–H and O–H groups in total. The molecule has 0 unspecified atom stereocenters. The summed E-state index contributed by atoms with van der Waals surface area (Å²) in [4.78, 5) is 8.73. The first-order valence-corrected chi connectivity index (χ1v) is 6.14. The third-order valence-electron chi connectivity index (χ3n) is 2.15. The second-order valence-corrected chi connectivity index (χ2v) is 4.29. The van der Waals surface area contributed by atoms with Crippen LogP contribution < -0.4 is 10.6 Å². The molecule has 17 heavy (non-hydrogen) atoms. The maximum atomic E-state index is 4.49. The van der Waals surface area contributed by atoms with E-state index >= 15 is 0 Å². The Balaban J connectivity index is 2.51. The predicted molar refractivity (Wildman–Crippen MR) is 71.9 cm³/mol. The molecule has 1 rings (SSSR count). The lowest BCUT2D eigenvalue weighted by molar-refractivity contribution is 0.614. The monoisotopic (exact) mass is 234 g/mol. The predicted octanol–water partition coefficient (Wildman–Crippen LogP) is 1.79. The van der Waals surface area contributed by atoms with Crippen LogP contribution in [0.25, 0.3) is 0 Å². The van der Waals surface area contributed by atoms with Gasteiger partial charge in [0.1, 0.15) is 0 Å². The molecule has 4 heteroatoms. The number of nitrogens with one attached hydrogen (secondary N) is 2. The molecule has 0 fully saturated rings. The minimum atomic E-state index is 0.605. The zero-order valence-corrected chi connectivity index (χ0v) is 10.9. The number of hydrogen-bond donors (Lipinski definition) is 2. The molecule has 1 aromatic heterocycles. The lowest BCUT2D eigenvalue weighted by Gasteiger charge is -2.12. The maximum Gasteiger partial charge on any atom is 0.191 e. The first-order chi connectivity index (χ1) is 8.22. The van der Waals surface area contributed by atoms with E-state index in [1.807, 2.05) is 18.2 Å². The Morgan fingerprint density at radius 1 is 1.35 bits per heavy atom. The van der Waals surface area contributed by atoms with Gasteiger partial charge in [-0.2, -0.15) is 0 Å². The smallest absolute Gasteiger partial charge is 0.191 e. The highest BCUT2D eigenvalue weighted by Gasteiger charge is 1.99. The third-order valence-corrected chi connectivity index (χ3v) is 2.15. The highest BCUT2D eigenvalue weighted by Crippen LogP contribution is 1.95. The lowest BCUT2D eigenvalue weighted by atomic mass is 10.2. The Kier molecular flexibility index (Phi) is 6.07. The van der Waals surface area contributed by atoms with Gasteiger partial charge < -0.3 is 10.6 Å². The molecular formula is C13H22N4. The van der Waals surface area contributed by atoms with Gasteiger partial charge >= 0.3 is 0 Å². The topological polar surface area (TPSA) is 49.3 Å². The number of hydrogen-bond acceptors (Lipinski definition) is 2. The second-order valence-electron chi connectivity index (χ2n) is 4.29. The standard InChI is InChI=1S/C13H22N4/c1-4-14-13(16-9-11(2)3)17-10-12-7-5-6-8-15-12/h5-8,11H,4,9-10H2,1-3H3,(H2,14,16,17). The highest BCUT2D eigenvalue weighted by molar-refractivity contribution is 5.79. The van der Waals surface area contributed by atoms with Crippen LogP contribution >= 0.6 is 0 Å². The largest absolute Gasteiger partial charge is 0.357 e. The molecule has 94 valence electrons. The molecule has 0 atom stereocenters. The SMILES string of the molecule is CCNC(=NCc1ccccn1)NCC(C)C. The molecule has 0 aliphatic carbocycles. The minimum absolute atomic E-state index is 0.605. The molecule has 0 amide bonds. The van der Waals surface area contributed by atoms with Gasteiger partial charge in [0.15, 0.2) is 5.96 Å². The molecular weight excluding hydrogens is 212 g/mol. The molecule has 0 aliphatic heterocycles. The van der Waals surface area contributed by atoms with Crippen molar-refractivity contribution in [3.63, 3.8) is 0 Å². The molecule has 4 nitrogen and oxygen atoms in total. The van der Waals surface area contributed by atoms with Crippen molar-refractivity contribution < 1.29 is 0 Å². The first kappa shape index (κ1) is 13.5. The van der Waals surface area contributed by atoms with Crippen LogP contribution in [0.1, 0.15) is 26.5 Å². The van der Waals surface area contributed by atoms with Crippen LogP contribution in [0, 0.1) is 5.92 Å². The van der Waals surface area contributed by atoms with Crippen molar-refractivity contribution in [2.45, 2.75) is 27.3 Å². The molecule has 1 aromatic rings. The number of guanidine groups is 1. The summed E-state index contributed by atoms with van der Waals surface area (Å²) in [6.45, 7) is 8.81. The van der Waals surface area contributed by atoms with Crippen LogP contribution in [0.5, 0.6) is 0 Å². The summed E-state index contributed by atoms with van der Waals surface area (Å²) in [5, 5.41) is 6.52. The zero-order chi connectivity index (χ0) is 12.5. The van der Waals surface area contributed by atoms with E-state index in [0.717, 1.165) is 24.7 Å². The maximum absolute atomic E-state index is 4.49. The summed E-state index contributed by atoms with van der Waals surface area (Å²) in [6.07, 6.45) is 1.79. The molecule has 0 saturated carbocycles. The Labute approximate surface area is 104 Å². The van der Waals surface area contributed by atoms with Gasteiger partial charge in [-0.05, 0) is 25.0 Å². The van der Waals surface area contributed by atoms with Crippen LogP contribution in [0.2, 0.25) is 0 Å². The Morgan fingerprint density at radius 2 is 2.18 bits per heavy atom. The van der Waals surface area contributed by atoms with E-state index in [-0.39, 0.29) is 0 Å². The highest BCUT2D eigenvalue weighted by atomic mass is 15.2. The molecule has 1 heterocycles. The second kappa shape index (κ2) is 7.65. The number of aromatic nitrogens is 1. The van der Waals surface area contributed by atoms with Crippen LogP contribution in [0.3, 0.4) is 0 Å². The summed E-state index contributed by atoms with van der Waals surface area (Å²) in [7, 11) is 0. The molecule has 0 aliphatic rings. The van der Waals surface area contributed by atoms with E-state index in [2.05, 4.69) is 41.4 Å². The summed E-state index contributed by atoms with van der Waals surface area (Å²) < 4.78 is 0. The number of nitrogens with zero attached hydrogens (tertiary/aromatic N) is 2. The Morgan fingerprint density at radius 3 is 2.76 bits per heavy atom. The van der Waals surface area contributed by atoms with Crippen molar-refractivity contribution in [2.24, 2.45) is 10.9 Å². The number of rotatable bonds is 5. The van der Waals surface area contributed by atoms with E-state index in [0.29, 0.717) is 12.5 Å². The lowest BCUT2D eigenvalue weighted by Crippen LogP contribution is -2.39. The molecule has 0 spiro atoms. The normalized spacial score (nSPS) is 11.6. The van der Waals surface area contributed by atoms with Crippen LogP contribution in [0.4, 0.5) is 0 Å². The van der Waals surface area contributed by atoms with Gasteiger partial charge in [0, 0.05) is 19.3 Å². The van der Waals surface area contributed by atoms with Gasteiger partial charge in [0.25, 0.3) is 0 Å². The van der Waals surface area contributed by atoms with Gasteiger partial charge in [-0.3, -0.25) is 4.98 Å². The summed E-state index contributed by atoms with van der Waals surface area (Å²) in [6, 6.07) is 5.87. The van der Waals surface area contributed by atoms with E-state index in [1.54, 1.807) is 6.20 Å².